The van der Waals surface area contributed by atoms with E-state index in [4.69, 9.17) is 4.42 Å². The molecule has 3 aromatic rings. The molecule has 3 rings (SSSR count). The van der Waals surface area contributed by atoms with E-state index in [0.29, 0.717) is 18.8 Å². The second-order valence-electron chi connectivity index (χ2n) is 6.79. The Balaban J connectivity index is 1.76. The van der Waals surface area contributed by atoms with Crippen molar-refractivity contribution in [1.29, 1.82) is 0 Å². The second kappa shape index (κ2) is 8.80. The molecule has 0 saturated heterocycles. The van der Waals surface area contributed by atoms with Crippen molar-refractivity contribution in [1.82, 2.24) is 4.31 Å². The van der Waals surface area contributed by atoms with Crippen molar-refractivity contribution in [3.05, 3.63) is 59.9 Å². The lowest BCUT2D eigenvalue weighted by Crippen LogP contribution is -2.30. The first kappa shape index (κ1) is 21.1. The van der Waals surface area contributed by atoms with Gasteiger partial charge < -0.3 is 9.73 Å². The van der Waals surface area contributed by atoms with Crippen molar-refractivity contribution in [2.24, 2.45) is 0 Å². The number of anilines is 1. The highest BCUT2D eigenvalue weighted by Gasteiger charge is 2.22. The van der Waals surface area contributed by atoms with Crippen LogP contribution in [0.2, 0.25) is 0 Å². The number of hydrogen-bond donors (Lipinski definition) is 1. The van der Waals surface area contributed by atoms with Gasteiger partial charge in [-0.2, -0.15) is 4.31 Å². The molecule has 6 nitrogen and oxygen atoms in total. The van der Waals surface area contributed by atoms with Crippen LogP contribution < -0.4 is 5.32 Å². The van der Waals surface area contributed by atoms with E-state index >= 15 is 0 Å². The van der Waals surface area contributed by atoms with Gasteiger partial charge in [0.05, 0.1) is 17.6 Å². The van der Waals surface area contributed by atoms with E-state index < -0.39 is 10.0 Å². The fraction of sp³-hybridized carbons (Fsp3) is 0.318. The van der Waals surface area contributed by atoms with E-state index in [-0.39, 0.29) is 17.2 Å². The van der Waals surface area contributed by atoms with Crippen LogP contribution >= 0.6 is 0 Å². The summed E-state index contributed by atoms with van der Waals surface area (Å²) >= 11 is 0. The van der Waals surface area contributed by atoms with E-state index in [0.717, 1.165) is 23.0 Å². The number of aryl methyl sites for hydroxylation is 1. The molecule has 0 radical (unpaired) electrons. The average Bonchev–Trinajstić information content (AvgIpc) is 3.10. The molecule has 1 amide bonds. The summed E-state index contributed by atoms with van der Waals surface area (Å²) in [4.78, 5) is 12.7. The molecule has 2 aromatic carbocycles. The molecule has 0 fully saturated rings. The lowest BCUT2D eigenvalue weighted by molar-refractivity contribution is -0.115. The van der Waals surface area contributed by atoms with E-state index in [1.54, 1.807) is 32.2 Å². The Labute approximate surface area is 171 Å². The molecule has 0 saturated carbocycles. The van der Waals surface area contributed by atoms with Gasteiger partial charge in [-0.25, -0.2) is 8.42 Å². The Kier molecular flexibility index (Phi) is 6.39. The minimum absolute atomic E-state index is 0.144. The van der Waals surface area contributed by atoms with Crippen LogP contribution in [0.1, 0.15) is 31.9 Å². The van der Waals surface area contributed by atoms with Crippen LogP contribution in [0.25, 0.3) is 11.0 Å². The molecule has 154 valence electrons. The predicted molar refractivity (Wildman–Crippen MR) is 114 cm³/mol. The molecule has 29 heavy (non-hydrogen) atoms. The lowest BCUT2D eigenvalue weighted by Gasteiger charge is -2.18. The molecular weight excluding hydrogens is 388 g/mol. The fourth-order valence-corrected chi connectivity index (χ4v) is 4.81. The number of nitrogens with one attached hydrogen (secondary N) is 1. The molecule has 0 aliphatic carbocycles. The zero-order valence-electron chi connectivity index (χ0n) is 16.9. The quantitative estimate of drug-likeness (QED) is 0.599. The van der Waals surface area contributed by atoms with Crippen LogP contribution in [0.5, 0.6) is 0 Å². The summed E-state index contributed by atoms with van der Waals surface area (Å²) in [7, 11) is -3.58. The van der Waals surface area contributed by atoms with Gasteiger partial charge in [0.25, 0.3) is 0 Å². The zero-order chi connectivity index (χ0) is 21.0. The molecule has 0 aliphatic heterocycles. The number of sulfonamides is 1. The Morgan fingerprint density at radius 1 is 1.07 bits per heavy atom. The van der Waals surface area contributed by atoms with Crippen molar-refractivity contribution >= 4 is 32.6 Å². The number of carbonyl (C=O) groups excluding carboxylic acids is 1. The summed E-state index contributed by atoms with van der Waals surface area (Å²) < 4.78 is 32.4. The number of hydrogen-bond acceptors (Lipinski definition) is 4. The summed E-state index contributed by atoms with van der Waals surface area (Å²) in [6.07, 6.45) is 2.66. The van der Waals surface area contributed by atoms with Crippen LogP contribution in [-0.4, -0.2) is 31.7 Å². The maximum Gasteiger partial charge on any atom is 0.243 e. The standard InChI is InChI=1S/C22H26N2O4S/c1-4-16-10-11-20-17(15-28-21(20)12-16)13-22(25)23-18-8-7-9-19(14-18)29(26,27)24(5-2)6-3/h7-12,14-15H,4-6,13H2,1-3H3,(H,23,25). The number of amides is 1. The van der Waals surface area contributed by atoms with Gasteiger partial charge in [0, 0.05) is 29.7 Å². The molecule has 0 spiro atoms. The first-order valence-corrected chi connectivity index (χ1v) is 11.2. The van der Waals surface area contributed by atoms with Gasteiger partial charge in [0.2, 0.25) is 15.9 Å². The average molecular weight is 415 g/mol. The van der Waals surface area contributed by atoms with Gasteiger partial charge in [0.1, 0.15) is 5.58 Å². The van der Waals surface area contributed by atoms with E-state index in [9.17, 15) is 13.2 Å². The molecule has 0 aliphatic rings. The zero-order valence-corrected chi connectivity index (χ0v) is 17.8. The van der Waals surface area contributed by atoms with Crippen LogP contribution in [-0.2, 0) is 27.7 Å². The normalized spacial score (nSPS) is 11.9. The smallest absolute Gasteiger partial charge is 0.243 e. The second-order valence-corrected chi connectivity index (χ2v) is 8.73. The first-order chi connectivity index (χ1) is 13.9. The van der Waals surface area contributed by atoms with Crippen LogP contribution in [0.15, 0.2) is 58.0 Å². The third-order valence-corrected chi connectivity index (χ3v) is 6.99. The third-order valence-electron chi connectivity index (χ3n) is 4.94. The van der Waals surface area contributed by atoms with Crippen molar-refractivity contribution < 1.29 is 17.6 Å². The highest BCUT2D eigenvalue weighted by molar-refractivity contribution is 7.89. The summed E-state index contributed by atoms with van der Waals surface area (Å²) in [5, 5.41) is 3.70. The molecule has 1 heterocycles. The molecular formula is C22H26N2O4S. The molecule has 0 atom stereocenters. The van der Waals surface area contributed by atoms with Crippen LogP contribution in [0.4, 0.5) is 5.69 Å². The minimum atomic E-state index is -3.58. The van der Waals surface area contributed by atoms with Crippen LogP contribution in [0.3, 0.4) is 0 Å². The first-order valence-electron chi connectivity index (χ1n) is 9.78. The van der Waals surface area contributed by atoms with Gasteiger partial charge in [0.15, 0.2) is 0 Å². The fourth-order valence-electron chi connectivity index (χ4n) is 3.31. The van der Waals surface area contributed by atoms with Crippen LogP contribution in [0, 0.1) is 0 Å². The van der Waals surface area contributed by atoms with E-state index in [2.05, 4.69) is 12.2 Å². The SMILES string of the molecule is CCc1ccc2c(CC(=O)Nc3cccc(S(=O)(=O)N(CC)CC)c3)coc2c1. The van der Waals surface area contributed by atoms with Crippen molar-refractivity contribution in [3.63, 3.8) is 0 Å². The molecule has 1 aromatic heterocycles. The highest BCUT2D eigenvalue weighted by atomic mass is 32.2. The number of benzene rings is 2. The summed E-state index contributed by atoms with van der Waals surface area (Å²) in [5.74, 6) is -0.232. The lowest BCUT2D eigenvalue weighted by atomic mass is 10.1. The van der Waals surface area contributed by atoms with E-state index in [1.165, 1.54) is 22.0 Å². The maximum absolute atomic E-state index is 12.7. The third kappa shape index (κ3) is 4.52. The number of rotatable bonds is 8. The number of fused-ring (bicyclic) bond motifs is 1. The Bertz CT molecular complexity index is 1110. The molecule has 0 unspecified atom stereocenters. The highest BCUT2D eigenvalue weighted by Crippen LogP contribution is 2.24. The van der Waals surface area contributed by atoms with Gasteiger partial charge in [-0.3, -0.25) is 4.79 Å². The van der Waals surface area contributed by atoms with Crippen molar-refractivity contribution in [3.8, 4) is 0 Å². The topological polar surface area (TPSA) is 79.6 Å². The molecule has 7 heteroatoms. The predicted octanol–water partition coefficient (Wildman–Crippen LogP) is 4.21. The largest absolute Gasteiger partial charge is 0.464 e. The monoisotopic (exact) mass is 414 g/mol. The summed E-state index contributed by atoms with van der Waals surface area (Å²) in [5.41, 5.74) is 3.19. The Morgan fingerprint density at radius 2 is 1.83 bits per heavy atom. The van der Waals surface area contributed by atoms with Gasteiger partial charge >= 0.3 is 0 Å². The number of carbonyl (C=O) groups is 1. The van der Waals surface area contributed by atoms with Gasteiger partial charge in [-0.05, 0) is 36.2 Å². The Morgan fingerprint density at radius 3 is 2.52 bits per heavy atom. The Hall–Kier alpha value is -2.64. The van der Waals surface area contributed by atoms with Crippen molar-refractivity contribution in [2.75, 3.05) is 18.4 Å². The number of nitrogens with zero attached hydrogens (tertiary/aromatic N) is 1. The van der Waals surface area contributed by atoms with Gasteiger partial charge in [-0.15, -0.1) is 0 Å². The summed E-state index contributed by atoms with van der Waals surface area (Å²) in [6, 6.07) is 12.3. The minimum Gasteiger partial charge on any atom is -0.464 e. The number of furan rings is 1. The van der Waals surface area contributed by atoms with E-state index in [1.807, 2.05) is 18.2 Å². The molecule has 0 bridgehead atoms. The van der Waals surface area contributed by atoms with Gasteiger partial charge in [-0.1, -0.05) is 39.0 Å². The van der Waals surface area contributed by atoms with Crippen molar-refractivity contribution in [2.45, 2.75) is 38.5 Å². The molecule has 1 N–H and O–H groups in total. The maximum atomic E-state index is 12.7. The summed E-state index contributed by atoms with van der Waals surface area (Å²) in [6.45, 7) is 6.45.